The summed E-state index contributed by atoms with van der Waals surface area (Å²) < 4.78 is 28.1. The number of nitrogens with one attached hydrogen (secondary N) is 2. The smallest absolute Gasteiger partial charge is 0.281 e. The molecule has 1 saturated heterocycles. The Morgan fingerprint density at radius 2 is 2.03 bits per heavy atom. The zero-order chi connectivity index (χ0) is 24.3. The highest BCUT2D eigenvalue weighted by Crippen LogP contribution is 2.38. The first-order chi connectivity index (χ1) is 16.2. The number of sulfonamides is 1. The second-order valence-electron chi connectivity index (χ2n) is 8.92. The van der Waals surface area contributed by atoms with Crippen LogP contribution in [0.5, 0.6) is 0 Å². The highest BCUT2D eigenvalue weighted by molar-refractivity contribution is 7.90. The Bertz CT molecular complexity index is 1260. The first-order valence-electron chi connectivity index (χ1n) is 11.2. The Hall–Kier alpha value is -2.98. The van der Waals surface area contributed by atoms with Crippen LogP contribution in [0.2, 0.25) is 0 Å². The number of thiophene rings is 1. The molecule has 4 rings (SSSR count). The van der Waals surface area contributed by atoms with Crippen LogP contribution in [0.4, 0.5) is 11.6 Å². The maximum atomic E-state index is 13.1. The summed E-state index contributed by atoms with van der Waals surface area (Å²) >= 11 is 1.67. The van der Waals surface area contributed by atoms with Crippen LogP contribution in [0, 0.1) is 5.92 Å². The molecule has 8 nitrogen and oxygen atoms in total. The minimum absolute atomic E-state index is 0.201. The lowest BCUT2D eigenvalue weighted by atomic mass is 9.90. The van der Waals surface area contributed by atoms with E-state index in [2.05, 4.69) is 45.7 Å². The second kappa shape index (κ2) is 9.71. The molecule has 1 amide bonds. The zero-order valence-corrected chi connectivity index (χ0v) is 21.1. The second-order valence-corrected chi connectivity index (χ2v) is 11.6. The number of carbonyl (C=O) groups excluding carboxylic acids is 1. The van der Waals surface area contributed by atoms with Crippen LogP contribution in [0.3, 0.4) is 0 Å². The molecular formula is C24H29N5O3S2. The predicted molar refractivity (Wildman–Crippen MR) is 135 cm³/mol. The summed E-state index contributed by atoms with van der Waals surface area (Å²) in [5.74, 6) is 0.605. The monoisotopic (exact) mass is 499 g/mol. The molecule has 0 bridgehead atoms. The topological polar surface area (TPSA) is 104 Å². The van der Waals surface area contributed by atoms with Gasteiger partial charge >= 0.3 is 0 Å². The van der Waals surface area contributed by atoms with Crippen molar-refractivity contribution in [3.05, 3.63) is 64.5 Å². The third-order valence-electron chi connectivity index (χ3n) is 6.46. The molecule has 3 aromatic heterocycles. The Balaban J connectivity index is 1.49. The molecule has 180 valence electrons. The Morgan fingerprint density at radius 1 is 1.21 bits per heavy atom. The number of aromatic nitrogens is 2. The molecule has 0 aliphatic carbocycles. The van der Waals surface area contributed by atoms with Gasteiger partial charge in [0.2, 0.25) is 0 Å². The number of pyridine rings is 2. The van der Waals surface area contributed by atoms with Crippen molar-refractivity contribution in [3.8, 4) is 0 Å². The maximum absolute atomic E-state index is 13.1. The van der Waals surface area contributed by atoms with Crippen LogP contribution in [0.15, 0.2) is 59.1 Å². The van der Waals surface area contributed by atoms with Gasteiger partial charge in [-0.2, -0.15) is 8.42 Å². The van der Waals surface area contributed by atoms with Crippen molar-refractivity contribution in [1.29, 1.82) is 0 Å². The fourth-order valence-electron chi connectivity index (χ4n) is 4.06. The molecule has 0 saturated carbocycles. The Labute approximate surface area is 204 Å². The van der Waals surface area contributed by atoms with E-state index in [0.717, 1.165) is 19.4 Å². The molecule has 1 fully saturated rings. The maximum Gasteiger partial charge on any atom is 0.281 e. The van der Waals surface area contributed by atoms with E-state index < -0.39 is 15.9 Å². The predicted octanol–water partition coefficient (Wildman–Crippen LogP) is 3.94. The van der Waals surface area contributed by atoms with E-state index in [0.29, 0.717) is 24.1 Å². The summed E-state index contributed by atoms with van der Waals surface area (Å²) in [4.78, 5) is 25.0. The quantitative estimate of drug-likeness (QED) is 0.484. The number of nitrogens with zero attached hydrogens (tertiary/aromatic N) is 3. The molecule has 1 atom stereocenters. The first kappa shape index (κ1) is 24.2. The molecule has 10 heteroatoms. The van der Waals surface area contributed by atoms with Crippen molar-refractivity contribution < 1.29 is 13.2 Å². The van der Waals surface area contributed by atoms with Crippen LogP contribution in [0.1, 0.15) is 42.4 Å². The van der Waals surface area contributed by atoms with Gasteiger partial charge in [-0.15, -0.1) is 11.3 Å². The molecule has 1 unspecified atom stereocenters. The van der Waals surface area contributed by atoms with Gasteiger partial charge in [0.15, 0.2) is 5.03 Å². The fraction of sp³-hybridized carbons (Fsp3) is 0.375. The number of hydrogen-bond donors (Lipinski definition) is 2. The van der Waals surface area contributed by atoms with Gasteiger partial charge in [-0.3, -0.25) is 4.79 Å². The number of hydrogen-bond acceptors (Lipinski definition) is 8. The third-order valence-corrected chi connectivity index (χ3v) is 8.63. The van der Waals surface area contributed by atoms with Crippen LogP contribution in [0.25, 0.3) is 0 Å². The molecule has 4 heterocycles. The van der Waals surface area contributed by atoms with E-state index in [-0.39, 0.29) is 16.1 Å². The summed E-state index contributed by atoms with van der Waals surface area (Å²) in [6, 6.07) is 11.9. The van der Waals surface area contributed by atoms with Crippen molar-refractivity contribution in [2.75, 3.05) is 23.3 Å². The number of carbonyl (C=O) groups is 1. The van der Waals surface area contributed by atoms with Gasteiger partial charge in [0, 0.05) is 29.7 Å². The lowest BCUT2D eigenvalue weighted by Gasteiger charge is -2.36. The van der Waals surface area contributed by atoms with Gasteiger partial charge < -0.3 is 10.2 Å². The zero-order valence-electron chi connectivity index (χ0n) is 19.5. The number of rotatable bonds is 8. The van der Waals surface area contributed by atoms with Crippen molar-refractivity contribution in [2.45, 2.75) is 44.2 Å². The van der Waals surface area contributed by atoms with E-state index in [1.165, 1.54) is 10.9 Å². The van der Waals surface area contributed by atoms with E-state index in [1.54, 1.807) is 41.8 Å². The molecular weight excluding hydrogens is 470 g/mol. The van der Waals surface area contributed by atoms with E-state index in [9.17, 15) is 13.2 Å². The van der Waals surface area contributed by atoms with E-state index >= 15 is 0 Å². The molecule has 0 aromatic carbocycles. The SMILES string of the molecule is CC1CCN(c2ncccc2C(=O)NS(=O)(=O)c2cccc(NCCc3cccs3)n2)C1(C)C. The summed E-state index contributed by atoms with van der Waals surface area (Å²) in [5, 5.41) is 4.94. The van der Waals surface area contributed by atoms with Crippen molar-refractivity contribution in [3.63, 3.8) is 0 Å². The van der Waals surface area contributed by atoms with Gasteiger partial charge in [-0.05, 0) is 68.3 Å². The van der Waals surface area contributed by atoms with Crippen molar-refractivity contribution in [2.24, 2.45) is 5.92 Å². The molecule has 1 aliphatic heterocycles. The average molecular weight is 500 g/mol. The Kier molecular flexibility index (Phi) is 6.90. The minimum atomic E-state index is -4.17. The fourth-order valence-corrected chi connectivity index (χ4v) is 5.70. The van der Waals surface area contributed by atoms with Gasteiger partial charge in [0.25, 0.3) is 15.9 Å². The third kappa shape index (κ3) is 5.07. The Morgan fingerprint density at radius 3 is 2.74 bits per heavy atom. The van der Waals surface area contributed by atoms with Gasteiger partial charge in [0.1, 0.15) is 11.6 Å². The standard InChI is InChI=1S/C24H29N5O3S2/c1-17-12-15-29(24(17,2)3)22-19(8-5-13-26-22)23(30)28-34(31,32)21-10-4-9-20(27-21)25-14-11-18-7-6-16-33-18/h4-10,13,16-17H,11-12,14-15H2,1-3H3,(H,25,27)(H,28,30). The summed E-state index contributed by atoms with van der Waals surface area (Å²) in [7, 11) is -4.17. The first-order valence-corrected chi connectivity index (χ1v) is 13.6. The van der Waals surface area contributed by atoms with Crippen LogP contribution in [-0.2, 0) is 16.4 Å². The highest BCUT2D eigenvalue weighted by atomic mass is 32.2. The normalized spacial score (nSPS) is 17.5. The summed E-state index contributed by atoms with van der Waals surface area (Å²) in [5.41, 5.74) is 0.0194. The molecule has 1 aliphatic rings. The van der Waals surface area contributed by atoms with Crippen LogP contribution >= 0.6 is 11.3 Å². The minimum Gasteiger partial charge on any atom is -0.370 e. The molecule has 2 N–H and O–H groups in total. The van der Waals surface area contributed by atoms with Gasteiger partial charge in [-0.1, -0.05) is 19.1 Å². The summed E-state index contributed by atoms with van der Waals surface area (Å²) in [6.45, 7) is 7.75. The van der Waals surface area contributed by atoms with Crippen molar-refractivity contribution >= 4 is 38.9 Å². The molecule has 0 radical (unpaired) electrons. The lowest BCUT2D eigenvalue weighted by molar-refractivity contribution is 0.0981. The van der Waals surface area contributed by atoms with Gasteiger partial charge in [0.05, 0.1) is 5.56 Å². The average Bonchev–Trinajstić information content (AvgIpc) is 3.41. The molecule has 0 spiro atoms. The largest absolute Gasteiger partial charge is 0.370 e. The van der Waals surface area contributed by atoms with Gasteiger partial charge in [-0.25, -0.2) is 14.7 Å². The highest BCUT2D eigenvalue weighted by Gasteiger charge is 2.40. The number of anilines is 2. The van der Waals surface area contributed by atoms with E-state index in [1.807, 2.05) is 17.5 Å². The van der Waals surface area contributed by atoms with E-state index in [4.69, 9.17) is 0 Å². The number of amides is 1. The molecule has 34 heavy (non-hydrogen) atoms. The van der Waals surface area contributed by atoms with Crippen LogP contribution < -0.4 is 14.9 Å². The lowest BCUT2D eigenvalue weighted by Crippen LogP contribution is -2.43. The summed E-state index contributed by atoms with van der Waals surface area (Å²) in [6.07, 6.45) is 3.40. The molecule has 3 aromatic rings. The van der Waals surface area contributed by atoms with Crippen LogP contribution in [-0.4, -0.2) is 42.9 Å². The van der Waals surface area contributed by atoms with Crippen molar-refractivity contribution in [1.82, 2.24) is 14.7 Å².